The highest BCUT2D eigenvalue weighted by molar-refractivity contribution is 6.01. The number of nitrogens with zero attached hydrogens (tertiary/aromatic N) is 2. The summed E-state index contributed by atoms with van der Waals surface area (Å²) in [6.07, 6.45) is 3.97. The minimum Gasteiger partial charge on any atom is -0.335 e. The van der Waals surface area contributed by atoms with E-state index in [1.54, 1.807) is 0 Å². The number of likely N-dealkylation sites (tertiary alicyclic amines) is 2. The van der Waals surface area contributed by atoms with Gasteiger partial charge in [0.1, 0.15) is 0 Å². The van der Waals surface area contributed by atoms with Gasteiger partial charge in [0.05, 0.1) is 0 Å². The van der Waals surface area contributed by atoms with Crippen LogP contribution in [0.15, 0.2) is 54.6 Å². The summed E-state index contributed by atoms with van der Waals surface area (Å²) in [5.41, 5.74) is 2.96. The molecule has 0 bridgehead atoms. The van der Waals surface area contributed by atoms with Crippen molar-refractivity contribution in [2.75, 3.05) is 26.2 Å². The van der Waals surface area contributed by atoms with Gasteiger partial charge in [-0.05, 0) is 43.1 Å². The molecular formula is C21H24N2O. The number of amides is 1. The van der Waals surface area contributed by atoms with E-state index in [0.717, 1.165) is 29.8 Å². The minimum absolute atomic E-state index is 0.169. The van der Waals surface area contributed by atoms with E-state index in [-0.39, 0.29) is 5.91 Å². The normalized spacial score (nSPS) is 19.1. The molecular weight excluding hydrogens is 296 g/mol. The maximum Gasteiger partial charge on any atom is 0.254 e. The summed E-state index contributed by atoms with van der Waals surface area (Å²) in [5.74, 6) is 0.169. The Morgan fingerprint density at radius 2 is 1.50 bits per heavy atom. The van der Waals surface area contributed by atoms with Crippen molar-refractivity contribution in [3.05, 3.63) is 60.2 Å². The summed E-state index contributed by atoms with van der Waals surface area (Å²) in [6, 6.07) is 18.7. The molecule has 2 heterocycles. The number of piperidine rings is 1. The van der Waals surface area contributed by atoms with Crippen LogP contribution in [0.25, 0.3) is 11.1 Å². The molecule has 0 aliphatic carbocycles. The van der Waals surface area contributed by atoms with Crippen molar-refractivity contribution in [1.82, 2.24) is 9.80 Å². The van der Waals surface area contributed by atoms with Crippen LogP contribution in [0.3, 0.4) is 0 Å². The van der Waals surface area contributed by atoms with Gasteiger partial charge in [0, 0.05) is 24.7 Å². The second-order valence-electron chi connectivity index (χ2n) is 6.87. The Bertz CT molecular complexity index is 701. The van der Waals surface area contributed by atoms with Crippen LogP contribution < -0.4 is 0 Å². The fourth-order valence-corrected chi connectivity index (χ4v) is 3.84. The lowest BCUT2D eigenvalue weighted by Crippen LogP contribution is -2.61. The van der Waals surface area contributed by atoms with Crippen LogP contribution in [0.4, 0.5) is 0 Å². The number of rotatable bonds is 3. The molecule has 24 heavy (non-hydrogen) atoms. The Kier molecular flexibility index (Phi) is 4.35. The van der Waals surface area contributed by atoms with E-state index in [2.05, 4.69) is 17.0 Å². The molecule has 0 unspecified atom stereocenters. The molecule has 0 spiro atoms. The van der Waals surface area contributed by atoms with Crippen molar-refractivity contribution in [3.8, 4) is 11.1 Å². The molecule has 2 aliphatic heterocycles. The Morgan fingerprint density at radius 3 is 2.25 bits per heavy atom. The van der Waals surface area contributed by atoms with Crippen LogP contribution >= 0.6 is 0 Å². The highest BCUT2D eigenvalue weighted by Gasteiger charge is 2.36. The summed E-state index contributed by atoms with van der Waals surface area (Å²) in [6.45, 7) is 4.16. The van der Waals surface area contributed by atoms with E-state index in [9.17, 15) is 4.79 Å². The average Bonchev–Trinajstić information content (AvgIpc) is 2.62. The lowest BCUT2D eigenvalue weighted by Gasteiger charge is -2.46. The molecule has 2 saturated heterocycles. The molecule has 2 aliphatic rings. The van der Waals surface area contributed by atoms with Crippen LogP contribution in [-0.2, 0) is 0 Å². The van der Waals surface area contributed by atoms with E-state index in [1.807, 2.05) is 47.4 Å². The molecule has 2 aromatic carbocycles. The van der Waals surface area contributed by atoms with Gasteiger partial charge in [-0.2, -0.15) is 0 Å². The van der Waals surface area contributed by atoms with Gasteiger partial charge in [-0.25, -0.2) is 0 Å². The highest BCUT2D eigenvalue weighted by Crippen LogP contribution is 2.27. The zero-order chi connectivity index (χ0) is 16.4. The molecule has 3 heteroatoms. The number of carbonyl (C=O) groups excluding carboxylic acids is 1. The first-order valence-corrected chi connectivity index (χ1v) is 9.01. The first kappa shape index (κ1) is 15.4. The molecule has 0 saturated carbocycles. The molecule has 0 radical (unpaired) electrons. The first-order valence-electron chi connectivity index (χ1n) is 9.01. The van der Waals surface area contributed by atoms with E-state index in [0.29, 0.717) is 6.04 Å². The van der Waals surface area contributed by atoms with Gasteiger partial charge in [0.25, 0.3) is 5.91 Å². The summed E-state index contributed by atoms with van der Waals surface area (Å²) in [5, 5.41) is 0. The SMILES string of the molecule is O=C(c1ccccc1-c1ccccc1)N1CC(N2CCCCC2)C1. The van der Waals surface area contributed by atoms with E-state index >= 15 is 0 Å². The van der Waals surface area contributed by atoms with E-state index in [1.165, 1.54) is 32.4 Å². The quantitative estimate of drug-likeness (QED) is 0.861. The maximum atomic E-state index is 13.0. The second kappa shape index (κ2) is 6.78. The van der Waals surface area contributed by atoms with Crippen LogP contribution in [0.5, 0.6) is 0 Å². The summed E-state index contributed by atoms with van der Waals surface area (Å²) >= 11 is 0. The van der Waals surface area contributed by atoms with Crippen LogP contribution in [-0.4, -0.2) is 47.9 Å². The van der Waals surface area contributed by atoms with Crippen LogP contribution in [0.1, 0.15) is 29.6 Å². The third kappa shape index (κ3) is 2.96. The second-order valence-corrected chi connectivity index (χ2v) is 6.87. The van der Waals surface area contributed by atoms with Crippen molar-refractivity contribution < 1.29 is 4.79 Å². The summed E-state index contributed by atoms with van der Waals surface area (Å²) in [4.78, 5) is 17.5. The van der Waals surface area contributed by atoms with Crippen molar-refractivity contribution in [2.24, 2.45) is 0 Å². The van der Waals surface area contributed by atoms with Gasteiger partial charge < -0.3 is 4.90 Å². The number of carbonyl (C=O) groups is 1. The van der Waals surface area contributed by atoms with Gasteiger partial charge in [0.2, 0.25) is 0 Å². The topological polar surface area (TPSA) is 23.6 Å². The molecule has 2 aromatic rings. The maximum absolute atomic E-state index is 13.0. The van der Waals surface area contributed by atoms with Crippen molar-refractivity contribution in [3.63, 3.8) is 0 Å². The van der Waals surface area contributed by atoms with Gasteiger partial charge in [-0.3, -0.25) is 9.69 Å². The molecule has 0 N–H and O–H groups in total. The number of benzene rings is 2. The summed E-state index contributed by atoms with van der Waals surface area (Å²) < 4.78 is 0. The predicted molar refractivity (Wildman–Crippen MR) is 97.0 cm³/mol. The lowest BCUT2D eigenvalue weighted by atomic mass is 9.96. The fourth-order valence-electron chi connectivity index (χ4n) is 3.84. The first-order chi connectivity index (χ1) is 11.8. The minimum atomic E-state index is 0.169. The molecule has 2 fully saturated rings. The zero-order valence-corrected chi connectivity index (χ0v) is 14.0. The van der Waals surface area contributed by atoms with Gasteiger partial charge in [-0.1, -0.05) is 55.0 Å². The third-order valence-electron chi connectivity index (χ3n) is 5.30. The Balaban J connectivity index is 1.48. The lowest BCUT2D eigenvalue weighted by molar-refractivity contribution is 0.0204. The Hall–Kier alpha value is -2.13. The predicted octanol–water partition coefficient (Wildman–Crippen LogP) is 3.66. The number of hydrogen-bond acceptors (Lipinski definition) is 2. The number of hydrogen-bond donors (Lipinski definition) is 0. The zero-order valence-electron chi connectivity index (χ0n) is 14.0. The summed E-state index contributed by atoms with van der Waals surface area (Å²) in [7, 11) is 0. The fraction of sp³-hybridized carbons (Fsp3) is 0.381. The Labute approximate surface area is 143 Å². The van der Waals surface area contributed by atoms with Gasteiger partial charge in [0.15, 0.2) is 0 Å². The van der Waals surface area contributed by atoms with Crippen LogP contribution in [0, 0.1) is 0 Å². The smallest absolute Gasteiger partial charge is 0.254 e. The monoisotopic (exact) mass is 320 g/mol. The van der Waals surface area contributed by atoms with E-state index in [4.69, 9.17) is 0 Å². The van der Waals surface area contributed by atoms with E-state index < -0.39 is 0 Å². The highest BCUT2D eigenvalue weighted by atomic mass is 16.2. The van der Waals surface area contributed by atoms with Crippen molar-refractivity contribution >= 4 is 5.91 Å². The Morgan fingerprint density at radius 1 is 0.833 bits per heavy atom. The third-order valence-corrected chi connectivity index (χ3v) is 5.30. The van der Waals surface area contributed by atoms with Gasteiger partial charge in [-0.15, -0.1) is 0 Å². The molecule has 3 nitrogen and oxygen atoms in total. The largest absolute Gasteiger partial charge is 0.335 e. The molecule has 0 aromatic heterocycles. The molecule has 0 atom stereocenters. The van der Waals surface area contributed by atoms with Crippen molar-refractivity contribution in [1.29, 1.82) is 0 Å². The average molecular weight is 320 g/mol. The molecule has 4 rings (SSSR count). The van der Waals surface area contributed by atoms with Gasteiger partial charge >= 0.3 is 0 Å². The van der Waals surface area contributed by atoms with Crippen molar-refractivity contribution in [2.45, 2.75) is 25.3 Å². The molecule has 1 amide bonds. The molecule has 124 valence electrons. The standard InChI is InChI=1S/C21H24N2O/c24-21(23-15-18(16-23)22-13-7-2-8-14-22)20-12-6-5-11-19(20)17-9-3-1-4-10-17/h1,3-6,9-12,18H,2,7-8,13-16H2. The van der Waals surface area contributed by atoms with Crippen LogP contribution in [0.2, 0.25) is 0 Å².